The second-order valence-corrected chi connectivity index (χ2v) is 8.06. The van der Waals surface area contributed by atoms with E-state index in [1.165, 1.54) is 5.56 Å². The number of methoxy groups -OCH3 is 2. The molecule has 0 aliphatic carbocycles. The van der Waals surface area contributed by atoms with Gasteiger partial charge in [0.1, 0.15) is 29.7 Å². The van der Waals surface area contributed by atoms with Gasteiger partial charge in [0.25, 0.3) is 0 Å². The minimum absolute atomic E-state index is 0.112. The summed E-state index contributed by atoms with van der Waals surface area (Å²) in [5, 5.41) is 0. The van der Waals surface area contributed by atoms with E-state index in [-0.39, 0.29) is 5.78 Å². The highest BCUT2D eigenvalue weighted by Crippen LogP contribution is 2.42. The highest BCUT2D eigenvalue weighted by Gasteiger charge is 2.33. The van der Waals surface area contributed by atoms with Gasteiger partial charge in [-0.3, -0.25) is 9.69 Å². The number of carbonyl (C=O) groups excluding carboxylic acids is 1. The van der Waals surface area contributed by atoms with Crippen molar-refractivity contribution in [3.63, 3.8) is 0 Å². The Hall–Kier alpha value is -3.77. The molecule has 0 aromatic heterocycles. The fraction of sp³-hybridized carbons (Fsp3) is 0.222. The number of hydrogen-bond donors (Lipinski definition) is 0. The van der Waals surface area contributed by atoms with Gasteiger partial charge in [0.2, 0.25) is 5.78 Å². The Balaban J connectivity index is 1.32. The molecule has 2 aliphatic heterocycles. The molecular weight excluding hydrogens is 418 g/mol. The number of nitrogens with zero attached hydrogens (tertiary/aromatic N) is 1. The maximum atomic E-state index is 13.0. The van der Waals surface area contributed by atoms with E-state index in [0.29, 0.717) is 30.3 Å². The van der Waals surface area contributed by atoms with Gasteiger partial charge in [-0.2, -0.15) is 0 Å². The first-order chi connectivity index (χ1) is 16.1. The fourth-order valence-corrected chi connectivity index (χ4v) is 4.08. The predicted molar refractivity (Wildman–Crippen MR) is 125 cm³/mol. The van der Waals surface area contributed by atoms with Crippen LogP contribution in [0.3, 0.4) is 0 Å². The summed E-state index contributed by atoms with van der Waals surface area (Å²) in [4.78, 5) is 15.2. The lowest BCUT2D eigenvalue weighted by Crippen LogP contribution is -2.33. The van der Waals surface area contributed by atoms with Gasteiger partial charge in [-0.15, -0.1) is 0 Å². The minimum atomic E-state index is -0.112. The van der Waals surface area contributed by atoms with Crippen LogP contribution in [0.1, 0.15) is 27.0 Å². The van der Waals surface area contributed by atoms with Crippen molar-refractivity contribution in [2.75, 3.05) is 27.5 Å². The number of hydrogen-bond acceptors (Lipinski definition) is 6. The molecular formula is C27H25NO5. The number of allylic oxidation sites excluding steroid dienone is 1. The summed E-state index contributed by atoms with van der Waals surface area (Å²) in [6.07, 6.45) is 2.65. The standard InChI is InChI=1S/C27H25NO5/c1-30-20-7-3-18(4-8-20)13-14-28-16-23-24(32-17-28)12-11-22-26(29)25(33-27(22)23)15-19-5-9-21(31-2)10-6-19/h3-12,15H,13-14,16-17H2,1-2H3/b25-15-. The number of ketones is 1. The molecule has 0 atom stereocenters. The van der Waals surface area contributed by atoms with Crippen LogP contribution >= 0.6 is 0 Å². The Morgan fingerprint density at radius 2 is 1.64 bits per heavy atom. The first kappa shape index (κ1) is 21.1. The predicted octanol–water partition coefficient (Wildman–Crippen LogP) is 4.71. The molecule has 3 aromatic carbocycles. The van der Waals surface area contributed by atoms with E-state index in [9.17, 15) is 4.79 Å². The molecule has 0 spiro atoms. The Morgan fingerprint density at radius 3 is 2.33 bits per heavy atom. The SMILES string of the molecule is COc1ccc(/C=C2\Oc3c(ccc4c3CN(CCc3ccc(OC)cc3)CO4)C2=O)cc1. The second kappa shape index (κ2) is 9.00. The molecule has 5 rings (SSSR count). The van der Waals surface area contributed by atoms with E-state index >= 15 is 0 Å². The molecule has 6 heteroatoms. The lowest BCUT2D eigenvalue weighted by atomic mass is 10.0. The van der Waals surface area contributed by atoms with Gasteiger partial charge in [0.05, 0.1) is 25.3 Å². The molecule has 168 valence electrons. The average molecular weight is 443 g/mol. The molecule has 0 unspecified atom stereocenters. The van der Waals surface area contributed by atoms with Crippen molar-refractivity contribution < 1.29 is 23.7 Å². The Labute approximate surface area is 193 Å². The van der Waals surface area contributed by atoms with Crippen LogP contribution in [-0.4, -0.2) is 38.2 Å². The van der Waals surface area contributed by atoms with Crippen LogP contribution in [0.15, 0.2) is 66.4 Å². The third-order valence-electron chi connectivity index (χ3n) is 5.97. The molecule has 3 aromatic rings. The lowest BCUT2D eigenvalue weighted by Gasteiger charge is -2.29. The van der Waals surface area contributed by atoms with E-state index in [1.807, 2.05) is 42.5 Å². The van der Waals surface area contributed by atoms with Crippen LogP contribution in [0.2, 0.25) is 0 Å². The van der Waals surface area contributed by atoms with E-state index < -0.39 is 0 Å². The molecule has 0 amide bonds. The zero-order valence-electron chi connectivity index (χ0n) is 18.7. The quantitative estimate of drug-likeness (QED) is 0.514. The Kier molecular flexibility index (Phi) is 5.75. The van der Waals surface area contributed by atoms with Crippen LogP contribution in [0, 0.1) is 0 Å². The number of Topliss-reactive ketones (excluding diaryl/α,β-unsaturated/α-hetero) is 1. The Bertz CT molecular complexity index is 1200. The number of benzene rings is 3. The van der Waals surface area contributed by atoms with Crippen molar-refractivity contribution in [1.29, 1.82) is 0 Å². The normalized spacial score (nSPS) is 16.1. The van der Waals surface area contributed by atoms with Gasteiger partial charge in [-0.25, -0.2) is 0 Å². The third-order valence-corrected chi connectivity index (χ3v) is 5.97. The summed E-state index contributed by atoms with van der Waals surface area (Å²) < 4.78 is 22.5. The number of fused-ring (bicyclic) bond motifs is 3. The highest BCUT2D eigenvalue weighted by molar-refractivity contribution is 6.15. The van der Waals surface area contributed by atoms with Gasteiger partial charge in [-0.1, -0.05) is 24.3 Å². The lowest BCUT2D eigenvalue weighted by molar-refractivity contribution is 0.0949. The Morgan fingerprint density at radius 1 is 0.939 bits per heavy atom. The first-order valence-corrected chi connectivity index (χ1v) is 10.9. The van der Waals surface area contributed by atoms with Crippen LogP contribution in [0.5, 0.6) is 23.0 Å². The van der Waals surface area contributed by atoms with E-state index in [1.54, 1.807) is 26.4 Å². The average Bonchev–Trinajstić information content (AvgIpc) is 3.19. The zero-order valence-corrected chi connectivity index (χ0v) is 18.7. The topological polar surface area (TPSA) is 57.2 Å². The van der Waals surface area contributed by atoms with Gasteiger partial charge < -0.3 is 18.9 Å². The highest BCUT2D eigenvalue weighted by atomic mass is 16.5. The van der Waals surface area contributed by atoms with Crippen LogP contribution in [-0.2, 0) is 13.0 Å². The van der Waals surface area contributed by atoms with Crippen LogP contribution in [0.25, 0.3) is 6.08 Å². The maximum Gasteiger partial charge on any atom is 0.231 e. The van der Waals surface area contributed by atoms with Gasteiger partial charge >= 0.3 is 0 Å². The van der Waals surface area contributed by atoms with Crippen molar-refractivity contribution in [2.45, 2.75) is 13.0 Å². The fourth-order valence-electron chi connectivity index (χ4n) is 4.08. The molecule has 2 aliphatic rings. The van der Waals surface area contributed by atoms with Crippen LogP contribution < -0.4 is 18.9 Å². The maximum absolute atomic E-state index is 13.0. The monoisotopic (exact) mass is 443 g/mol. The summed E-state index contributed by atoms with van der Waals surface area (Å²) in [7, 11) is 3.29. The molecule has 0 bridgehead atoms. The molecule has 33 heavy (non-hydrogen) atoms. The molecule has 6 nitrogen and oxygen atoms in total. The van der Waals surface area contributed by atoms with Crippen molar-refractivity contribution >= 4 is 11.9 Å². The molecule has 2 heterocycles. The summed E-state index contributed by atoms with van der Waals surface area (Å²) in [6.45, 7) is 2.00. The molecule has 0 saturated carbocycles. The van der Waals surface area contributed by atoms with Crippen molar-refractivity contribution in [3.05, 3.63) is 88.7 Å². The number of ether oxygens (including phenoxy) is 4. The minimum Gasteiger partial charge on any atom is -0.497 e. The van der Waals surface area contributed by atoms with Crippen molar-refractivity contribution in [2.24, 2.45) is 0 Å². The smallest absolute Gasteiger partial charge is 0.231 e. The van der Waals surface area contributed by atoms with Gasteiger partial charge in [0, 0.05) is 13.1 Å². The largest absolute Gasteiger partial charge is 0.497 e. The van der Waals surface area contributed by atoms with Crippen LogP contribution in [0.4, 0.5) is 0 Å². The summed E-state index contributed by atoms with van der Waals surface area (Å²) in [5.41, 5.74) is 3.60. The molecule has 0 saturated heterocycles. The summed E-state index contributed by atoms with van der Waals surface area (Å²) in [6, 6.07) is 19.3. The number of carbonyl (C=O) groups is 1. The van der Waals surface area contributed by atoms with Crippen molar-refractivity contribution in [3.8, 4) is 23.0 Å². The first-order valence-electron chi connectivity index (χ1n) is 10.9. The van der Waals surface area contributed by atoms with Gasteiger partial charge in [-0.05, 0) is 60.0 Å². The van der Waals surface area contributed by atoms with Gasteiger partial charge in [0.15, 0.2) is 5.76 Å². The van der Waals surface area contributed by atoms with E-state index in [4.69, 9.17) is 18.9 Å². The zero-order chi connectivity index (χ0) is 22.8. The third kappa shape index (κ3) is 4.30. The summed E-state index contributed by atoms with van der Waals surface area (Å²) >= 11 is 0. The second-order valence-electron chi connectivity index (χ2n) is 8.06. The van der Waals surface area contributed by atoms with Crippen molar-refractivity contribution in [1.82, 2.24) is 4.90 Å². The molecule has 0 fully saturated rings. The summed E-state index contributed by atoms with van der Waals surface area (Å²) in [5.74, 6) is 3.20. The van der Waals surface area contributed by atoms with E-state index in [0.717, 1.165) is 41.3 Å². The molecule has 0 radical (unpaired) electrons. The number of rotatable bonds is 6. The molecule has 0 N–H and O–H groups in total. The van der Waals surface area contributed by atoms with E-state index in [2.05, 4.69) is 17.0 Å².